The van der Waals surface area contributed by atoms with E-state index in [0.29, 0.717) is 6.04 Å². The summed E-state index contributed by atoms with van der Waals surface area (Å²) in [5, 5.41) is 12.1. The van der Waals surface area contributed by atoms with Crippen molar-refractivity contribution >= 4 is 23.3 Å². The van der Waals surface area contributed by atoms with E-state index in [1.54, 1.807) is 0 Å². The van der Waals surface area contributed by atoms with E-state index < -0.39 is 5.97 Å². The number of aliphatic carboxylic acids is 1. The second-order valence-electron chi connectivity index (χ2n) is 8.56. The Bertz CT molecular complexity index is 750. The molecular formula is C26H42N2O4. The fourth-order valence-electron chi connectivity index (χ4n) is 3.79. The molecule has 1 aromatic rings. The van der Waals surface area contributed by atoms with Crippen LogP contribution in [-0.4, -0.2) is 42.8 Å². The molecule has 2 rings (SSSR count). The number of nitrogens with zero attached hydrogens (tertiary/aromatic N) is 1. The number of carbonyl (C=O) groups is 2. The van der Waals surface area contributed by atoms with E-state index in [1.165, 1.54) is 12.5 Å². The van der Waals surface area contributed by atoms with Crippen LogP contribution in [0.3, 0.4) is 0 Å². The smallest absolute Gasteiger partial charge is 0.303 e. The maximum absolute atomic E-state index is 11.8. The molecule has 1 aliphatic rings. The Morgan fingerprint density at radius 1 is 1.22 bits per heavy atom. The highest BCUT2D eigenvalue weighted by Gasteiger charge is 2.24. The van der Waals surface area contributed by atoms with Crippen molar-refractivity contribution in [2.45, 2.75) is 85.6 Å². The molecule has 6 heteroatoms. The van der Waals surface area contributed by atoms with Gasteiger partial charge in [0.1, 0.15) is 0 Å². The van der Waals surface area contributed by atoms with Crippen molar-refractivity contribution in [2.75, 3.05) is 30.0 Å². The van der Waals surface area contributed by atoms with Crippen LogP contribution in [-0.2, 0) is 14.3 Å². The molecule has 180 valence electrons. The van der Waals surface area contributed by atoms with Gasteiger partial charge in [0.15, 0.2) is 0 Å². The standard InChI is InChI=1S/C21H32N2O4.C5H10/c1-4-10-23(18-8-11-27-12-9-18)20-7-6-17(13-19(20)22-15(3)24)16(5-2)14-21(25)26;1-4-5(2)3/h6-7,13,16,18H,4-5,8-12,14H2,1-3H3,(H,22,24)(H,25,26);4H,1-3H3. The van der Waals surface area contributed by atoms with Crippen molar-refractivity contribution < 1.29 is 19.4 Å². The van der Waals surface area contributed by atoms with E-state index in [0.717, 1.165) is 62.4 Å². The number of nitrogens with one attached hydrogen (secondary N) is 1. The summed E-state index contributed by atoms with van der Waals surface area (Å²) in [5.41, 5.74) is 4.11. The van der Waals surface area contributed by atoms with Crippen LogP contribution in [0.2, 0.25) is 0 Å². The van der Waals surface area contributed by atoms with Crippen LogP contribution in [0.5, 0.6) is 0 Å². The predicted molar refractivity (Wildman–Crippen MR) is 133 cm³/mol. The van der Waals surface area contributed by atoms with Gasteiger partial charge in [-0.25, -0.2) is 0 Å². The zero-order chi connectivity index (χ0) is 24.1. The Labute approximate surface area is 194 Å². The van der Waals surface area contributed by atoms with Crippen molar-refractivity contribution in [2.24, 2.45) is 0 Å². The highest BCUT2D eigenvalue weighted by molar-refractivity contribution is 5.93. The molecule has 0 saturated carbocycles. The van der Waals surface area contributed by atoms with Crippen LogP contribution in [0.15, 0.2) is 29.8 Å². The fourth-order valence-corrected chi connectivity index (χ4v) is 3.79. The summed E-state index contributed by atoms with van der Waals surface area (Å²) in [4.78, 5) is 25.4. The number of hydrogen-bond donors (Lipinski definition) is 2. The number of ether oxygens (including phenoxy) is 1. The molecule has 0 bridgehead atoms. The lowest BCUT2D eigenvalue weighted by Crippen LogP contribution is -2.40. The summed E-state index contributed by atoms with van der Waals surface area (Å²) < 4.78 is 5.51. The molecule has 32 heavy (non-hydrogen) atoms. The van der Waals surface area contributed by atoms with Gasteiger partial charge in [-0.15, -0.1) is 0 Å². The number of carbonyl (C=O) groups excluding carboxylic acids is 1. The normalized spacial score (nSPS) is 14.6. The molecular weight excluding hydrogens is 404 g/mol. The van der Waals surface area contributed by atoms with Gasteiger partial charge in [0.05, 0.1) is 17.8 Å². The number of anilines is 2. The third kappa shape index (κ3) is 9.43. The van der Waals surface area contributed by atoms with Gasteiger partial charge in [-0.05, 0) is 70.1 Å². The zero-order valence-corrected chi connectivity index (χ0v) is 20.7. The highest BCUT2D eigenvalue weighted by atomic mass is 16.5. The van der Waals surface area contributed by atoms with Crippen LogP contribution in [0.25, 0.3) is 0 Å². The van der Waals surface area contributed by atoms with E-state index in [9.17, 15) is 14.7 Å². The van der Waals surface area contributed by atoms with Gasteiger partial charge >= 0.3 is 5.97 Å². The minimum absolute atomic E-state index is 0.0632. The molecule has 1 heterocycles. The molecule has 2 N–H and O–H groups in total. The van der Waals surface area contributed by atoms with Crippen LogP contribution < -0.4 is 10.2 Å². The van der Waals surface area contributed by atoms with Gasteiger partial charge in [0, 0.05) is 32.7 Å². The average Bonchev–Trinajstić information content (AvgIpc) is 2.76. The Hall–Kier alpha value is -2.34. The van der Waals surface area contributed by atoms with Crippen molar-refractivity contribution in [1.82, 2.24) is 0 Å². The maximum Gasteiger partial charge on any atom is 0.303 e. The average molecular weight is 447 g/mol. The van der Waals surface area contributed by atoms with Crippen molar-refractivity contribution in [3.05, 3.63) is 35.4 Å². The number of amides is 1. The molecule has 1 aromatic carbocycles. The van der Waals surface area contributed by atoms with Crippen molar-refractivity contribution in [3.8, 4) is 0 Å². The van der Waals surface area contributed by atoms with Gasteiger partial charge in [0.25, 0.3) is 0 Å². The SMILES string of the molecule is CC=C(C)C.CCCN(c1ccc(C(CC)CC(=O)O)cc1NC(C)=O)C1CCOCC1. The number of benzene rings is 1. The Morgan fingerprint density at radius 2 is 1.84 bits per heavy atom. The first-order valence-electron chi connectivity index (χ1n) is 11.8. The van der Waals surface area contributed by atoms with Crippen LogP contribution in [0.4, 0.5) is 11.4 Å². The van der Waals surface area contributed by atoms with E-state index in [1.807, 2.05) is 32.0 Å². The number of allylic oxidation sites excluding steroid dienone is 2. The second kappa shape index (κ2) is 14.7. The zero-order valence-electron chi connectivity index (χ0n) is 20.7. The third-order valence-corrected chi connectivity index (χ3v) is 5.70. The Morgan fingerprint density at radius 3 is 2.31 bits per heavy atom. The van der Waals surface area contributed by atoms with E-state index in [2.05, 4.69) is 37.1 Å². The van der Waals surface area contributed by atoms with Crippen LogP contribution >= 0.6 is 0 Å². The topological polar surface area (TPSA) is 78.9 Å². The largest absolute Gasteiger partial charge is 0.481 e. The van der Waals surface area contributed by atoms with Crippen LogP contribution in [0.1, 0.15) is 85.1 Å². The quantitative estimate of drug-likeness (QED) is 0.456. The first kappa shape index (κ1) is 27.7. The Balaban J connectivity index is 0.000000920. The molecule has 0 aliphatic carbocycles. The van der Waals surface area contributed by atoms with E-state index in [-0.39, 0.29) is 18.2 Å². The molecule has 1 fully saturated rings. The van der Waals surface area contributed by atoms with Gasteiger partial charge in [0.2, 0.25) is 5.91 Å². The van der Waals surface area contributed by atoms with E-state index in [4.69, 9.17) is 4.74 Å². The van der Waals surface area contributed by atoms with E-state index >= 15 is 0 Å². The van der Waals surface area contributed by atoms with Crippen molar-refractivity contribution in [3.63, 3.8) is 0 Å². The summed E-state index contributed by atoms with van der Waals surface area (Å²) in [5.74, 6) is -0.989. The fraction of sp³-hybridized carbons (Fsp3) is 0.615. The first-order chi connectivity index (χ1) is 15.2. The minimum Gasteiger partial charge on any atom is -0.481 e. The van der Waals surface area contributed by atoms with Gasteiger partial charge in [-0.3, -0.25) is 9.59 Å². The van der Waals surface area contributed by atoms with Gasteiger partial charge < -0.3 is 20.1 Å². The van der Waals surface area contributed by atoms with Gasteiger partial charge in [-0.2, -0.15) is 0 Å². The summed E-state index contributed by atoms with van der Waals surface area (Å²) in [6.45, 7) is 14.3. The van der Waals surface area contributed by atoms with Crippen LogP contribution in [0, 0.1) is 0 Å². The lowest BCUT2D eigenvalue weighted by atomic mass is 9.92. The first-order valence-corrected chi connectivity index (χ1v) is 11.8. The molecule has 1 unspecified atom stereocenters. The number of rotatable bonds is 9. The molecule has 1 aliphatic heterocycles. The summed E-state index contributed by atoms with van der Waals surface area (Å²) >= 11 is 0. The maximum atomic E-state index is 11.8. The Kier molecular flexibility index (Phi) is 12.7. The molecule has 0 radical (unpaired) electrons. The van der Waals surface area contributed by atoms with Crippen molar-refractivity contribution in [1.29, 1.82) is 0 Å². The molecule has 0 spiro atoms. The molecule has 1 atom stereocenters. The summed E-state index contributed by atoms with van der Waals surface area (Å²) in [7, 11) is 0. The van der Waals surface area contributed by atoms with Gasteiger partial charge in [-0.1, -0.05) is 31.6 Å². The molecule has 6 nitrogen and oxygen atoms in total. The third-order valence-electron chi connectivity index (χ3n) is 5.70. The molecule has 1 amide bonds. The monoisotopic (exact) mass is 446 g/mol. The summed E-state index contributed by atoms with van der Waals surface area (Å²) in [6.07, 6.45) is 5.86. The highest BCUT2D eigenvalue weighted by Crippen LogP contribution is 2.35. The lowest BCUT2D eigenvalue weighted by Gasteiger charge is -2.37. The molecule has 0 aromatic heterocycles. The number of hydrogen-bond acceptors (Lipinski definition) is 4. The minimum atomic E-state index is -0.804. The number of carboxylic acids is 1. The number of carboxylic acid groups (broad SMARTS) is 1. The molecule has 1 saturated heterocycles. The second-order valence-corrected chi connectivity index (χ2v) is 8.56. The predicted octanol–water partition coefficient (Wildman–Crippen LogP) is 5.98. The summed E-state index contributed by atoms with van der Waals surface area (Å²) in [6, 6.07) is 6.39. The lowest BCUT2D eigenvalue weighted by molar-refractivity contribution is -0.137.